The molecule has 4 heteroatoms. The van der Waals surface area contributed by atoms with E-state index in [1.165, 1.54) is 21.9 Å². The fourth-order valence-corrected chi connectivity index (χ4v) is 4.19. The molecule has 2 N–H and O–H groups in total. The highest BCUT2D eigenvalue weighted by Gasteiger charge is 2.17. The minimum atomic E-state index is 0.858. The highest BCUT2D eigenvalue weighted by molar-refractivity contribution is 5.96. The van der Waals surface area contributed by atoms with Gasteiger partial charge in [0, 0.05) is 22.7 Å². The van der Waals surface area contributed by atoms with Gasteiger partial charge in [0.25, 0.3) is 0 Å². The van der Waals surface area contributed by atoms with Gasteiger partial charge in [-0.1, -0.05) is 0 Å². The van der Waals surface area contributed by atoms with Crippen LogP contribution in [0.4, 0.5) is 22.7 Å². The summed E-state index contributed by atoms with van der Waals surface area (Å²) in [4.78, 5) is 0. The van der Waals surface area contributed by atoms with E-state index in [1.54, 1.807) is 14.2 Å². The molecule has 0 aliphatic heterocycles. The Balaban J connectivity index is 1.46. The summed E-state index contributed by atoms with van der Waals surface area (Å²) in [6.45, 7) is 0. The second-order valence-corrected chi connectivity index (χ2v) is 7.58. The number of aryl methyl sites for hydroxylation is 2. The third-order valence-electron chi connectivity index (χ3n) is 5.63. The first-order valence-corrected chi connectivity index (χ1v) is 10.1. The van der Waals surface area contributed by atoms with Crippen molar-refractivity contribution in [2.75, 3.05) is 24.9 Å². The van der Waals surface area contributed by atoms with Crippen LogP contribution in [0.5, 0.6) is 11.5 Å². The molecule has 0 aromatic heterocycles. The standard InChI is InChI=1S/C26H24N2O2/c1-29-24-9-5-20(6-10-24)27-22-13-17-3-4-18-14-23(16-19(15-22)26(17)18)28-21-7-11-25(30-2)12-8-21/h5-16,27-28H,3-4H2,1-2H3. The molecule has 4 nitrogen and oxygen atoms in total. The molecule has 1 aliphatic rings. The van der Waals surface area contributed by atoms with Crippen molar-refractivity contribution in [2.24, 2.45) is 0 Å². The first kappa shape index (κ1) is 18.4. The van der Waals surface area contributed by atoms with Crippen molar-refractivity contribution < 1.29 is 9.47 Å². The van der Waals surface area contributed by atoms with Crippen LogP contribution in [-0.4, -0.2) is 14.2 Å². The van der Waals surface area contributed by atoms with Gasteiger partial charge in [-0.3, -0.25) is 0 Å². The summed E-state index contributed by atoms with van der Waals surface area (Å²) in [5, 5.41) is 9.73. The van der Waals surface area contributed by atoms with Crippen LogP contribution < -0.4 is 20.1 Å². The Morgan fingerprint density at radius 2 is 1.00 bits per heavy atom. The molecule has 0 fully saturated rings. The van der Waals surface area contributed by atoms with Gasteiger partial charge < -0.3 is 20.1 Å². The van der Waals surface area contributed by atoms with E-state index in [4.69, 9.17) is 9.47 Å². The lowest BCUT2D eigenvalue weighted by atomic mass is 10.0. The van der Waals surface area contributed by atoms with Crippen LogP contribution >= 0.6 is 0 Å². The van der Waals surface area contributed by atoms with Gasteiger partial charge in [0.2, 0.25) is 0 Å². The van der Waals surface area contributed by atoms with Gasteiger partial charge in [0.1, 0.15) is 11.5 Å². The first-order valence-electron chi connectivity index (χ1n) is 10.1. The summed E-state index contributed by atoms with van der Waals surface area (Å²) in [6.07, 6.45) is 2.16. The minimum absolute atomic E-state index is 0.858. The predicted octanol–water partition coefficient (Wildman–Crippen LogP) is 6.44. The van der Waals surface area contributed by atoms with Crippen molar-refractivity contribution in [3.05, 3.63) is 83.9 Å². The van der Waals surface area contributed by atoms with E-state index < -0.39 is 0 Å². The van der Waals surface area contributed by atoms with E-state index in [9.17, 15) is 0 Å². The van der Waals surface area contributed by atoms with Crippen molar-refractivity contribution in [1.82, 2.24) is 0 Å². The Morgan fingerprint density at radius 3 is 1.40 bits per heavy atom. The van der Waals surface area contributed by atoms with Crippen LogP contribution in [0.3, 0.4) is 0 Å². The second kappa shape index (κ2) is 7.64. The van der Waals surface area contributed by atoms with Crippen molar-refractivity contribution in [3.8, 4) is 11.5 Å². The topological polar surface area (TPSA) is 42.5 Å². The lowest BCUT2D eigenvalue weighted by Crippen LogP contribution is -1.94. The molecule has 0 saturated heterocycles. The normalized spacial score (nSPS) is 12.1. The van der Waals surface area contributed by atoms with Crippen molar-refractivity contribution in [1.29, 1.82) is 0 Å². The molecule has 4 aromatic rings. The van der Waals surface area contributed by atoms with Crippen LogP contribution in [0.2, 0.25) is 0 Å². The summed E-state index contributed by atoms with van der Waals surface area (Å²) in [5.74, 6) is 1.72. The number of nitrogens with one attached hydrogen (secondary N) is 2. The molecule has 5 rings (SSSR count). The van der Waals surface area contributed by atoms with E-state index >= 15 is 0 Å². The van der Waals surface area contributed by atoms with Crippen LogP contribution in [0.15, 0.2) is 72.8 Å². The zero-order chi connectivity index (χ0) is 20.5. The predicted molar refractivity (Wildman–Crippen MR) is 124 cm³/mol. The number of ether oxygens (including phenoxy) is 2. The van der Waals surface area contributed by atoms with Crippen molar-refractivity contribution in [2.45, 2.75) is 12.8 Å². The van der Waals surface area contributed by atoms with E-state index in [2.05, 4.69) is 34.9 Å². The fourth-order valence-electron chi connectivity index (χ4n) is 4.19. The van der Waals surface area contributed by atoms with Gasteiger partial charge >= 0.3 is 0 Å². The molecule has 0 heterocycles. The molecule has 0 radical (unpaired) electrons. The summed E-state index contributed by atoms with van der Waals surface area (Å²) < 4.78 is 10.5. The quantitative estimate of drug-likeness (QED) is 0.393. The number of hydrogen-bond acceptors (Lipinski definition) is 4. The summed E-state index contributed by atoms with van der Waals surface area (Å²) in [7, 11) is 3.37. The van der Waals surface area contributed by atoms with Gasteiger partial charge in [-0.05, 0) is 108 Å². The van der Waals surface area contributed by atoms with E-state index in [0.29, 0.717) is 0 Å². The van der Waals surface area contributed by atoms with E-state index in [-0.39, 0.29) is 0 Å². The maximum atomic E-state index is 5.25. The van der Waals surface area contributed by atoms with Crippen LogP contribution in [0.1, 0.15) is 11.1 Å². The maximum Gasteiger partial charge on any atom is 0.119 e. The van der Waals surface area contributed by atoms with Gasteiger partial charge in [-0.25, -0.2) is 0 Å². The third-order valence-corrected chi connectivity index (χ3v) is 5.63. The number of hydrogen-bond donors (Lipinski definition) is 2. The lowest BCUT2D eigenvalue weighted by molar-refractivity contribution is 0.415. The zero-order valence-electron chi connectivity index (χ0n) is 17.2. The largest absolute Gasteiger partial charge is 0.497 e. The fraction of sp³-hybridized carbons (Fsp3) is 0.154. The SMILES string of the molecule is COc1ccc(Nc2cc3c4c(cc(Nc5ccc(OC)cc5)cc4c2)CC3)cc1. The van der Waals surface area contributed by atoms with Crippen LogP contribution in [-0.2, 0) is 12.8 Å². The van der Waals surface area contributed by atoms with Gasteiger partial charge in [-0.2, -0.15) is 0 Å². The molecule has 150 valence electrons. The maximum absolute atomic E-state index is 5.25. The molecule has 0 spiro atoms. The molecule has 0 atom stereocenters. The third kappa shape index (κ3) is 3.52. The van der Waals surface area contributed by atoms with E-state index in [1.807, 2.05) is 48.5 Å². The molecular weight excluding hydrogens is 372 g/mol. The number of methoxy groups -OCH3 is 2. The summed E-state index contributed by atoms with van der Waals surface area (Å²) in [5.41, 5.74) is 7.14. The van der Waals surface area contributed by atoms with Gasteiger partial charge in [-0.15, -0.1) is 0 Å². The van der Waals surface area contributed by atoms with Crippen LogP contribution in [0, 0.1) is 0 Å². The molecule has 0 unspecified atom stereocenters. The molecular formula is C26H24N2O2. The average Bonchev–Trinajstić information content (AvgIpc) is 3.18. The summed E-state index contributed by atoms with van der Waals surface area (Å²) >= 11 is 0. The monoisotopic (exact) mass is 396 g/mol. The molecule has 0 bridgehead atoms. The van der Waals surface area contributed by atoms with Crippen LogP contribution in [0.25, 0.3) is 10.8 Å². The highest BCUT2D eigenvalue weighted by atomic mass is 16.5. The van der Waals surface area contributed by atoms with Crippen molar-refractivity contribution in [3.63, 3.8) is 0 Å². The van der Waals surface area contributed by atoms with E-state index in [0.717, 1.165) is 47.1 Å². The highest BCUT2D eigenvalue weighted by Crippen LogP contribution is 2.37. The molecule has 0 amide bonds. The lowest BCUT2D eigenvalue weighted by Gasteiger charge is -2.13. The number of rotatable bonds is 6. The Morgan fingerprint density at radius 1 is 0.567 bits per heavy atom. The number of benzene rings is 4. The molecule has 0 saturated carbocycles. The van der Waals surface area contributed by atoms with Gasteiger partial charge in [0.05, 0.1) is 14.2 Å². The van der Waals surface area contributed by atoms with Crippen molar-refractivity contribution >= 4 is 33.5 Å². The Kier molecular flexibility index (Phi) is 4.68. The first-order chi connectivity index (χ1) is 14.7. The Hall–Kier alpha value is -3.66. The average molecular weight is 396 g/mol. The van der Waals surface area contributed by atoms with Gasteiger partial charge in [0.15, 0.2) is 0 Å². The minimum Gasteiger partial charge on any atom is -0.497 e. The summed E-state index contributed by atoms with van der Waals surface area (Å²) in [6, 6.07) is 25.0. The number of anilines is 4. The molecule has 30 heavy (non-hydrogen) atoms. The zero-order valence-corrected chi connectivity index (χ0v) is 17.2. The molecule has 1 aliphatic carbocycles. The Labute approximate surface area is 176 Å². The molecule has 4 aromatic carbocycles. The smallest absolute Gasteiger partial charge is 0.119 e. The second-order valence-electron chi connectivity index (χ2n) is 7.58. The Bertz CT molecular complexity index is 1110.